The zero-order chi connectivity index (χ0) is 18.3. The number of hydrogen-bond donors (Lipinski definition) is 3. The summed E-state index contributed by atoms with van der Waals surface area (Å²) in [7, 11) is 1.24. The highest BCUT2D eigenvalue weighted by molar-refractivity contribution is 5.72. The van der Waals surface area contributed by atoms with Gasteiger partial charge in [-0.25, -0.2) is 4.79 Å². The molecule has 4 N–H and O–H groups in total. The zero-order valence-electron chi connectivity index (χ0n) is 15.2. The molecule has 1 amide bonds. The van der Waals surface area contributed by atoms with Gasteiger partial charge in [0.1, 0.15) is 6.10 Å². The number of methoxy groups -OCH3 is 1. The fraction of sp³-hybridized carbons (Fsp3) is 0.882. The minimum absolute atomic E-state index is 0.0405. The molecule has 0 aromatic heterocycles. The highest BCUT2D eigenvalue weighted by Crippen LogP contribution is 2.36. The lowest BCUT2D eigenvalue weighted by molar-refractivity contribution is -0.119. The number of ether oxygens (including phenoxy) is 2. The summed E-state index contributed by atoms with van der Waals surface area (Å²) in [5, 5.41) is 13.4. The molecule has 7 heteroatoms. The van der Waals surface area contributed by atoms with E-state index in [0.29, 0.717) is 18.9 Å². The van der Waals surface area contributed by atoms with Crippen molar-refractivity contribution in [3.05, 3.63) is 0 Å². The molecular weight excluding hydrogens is 312 g/mol. The number of aliphatic hydroxyl groups excluding tert-OH is 1. The van der Waals surface area contributed by atoms with E-state index in [1.165, 1.54) is 14.0 Å². The third-order valence-electron chi connectivity index (χ3n) is 5.00. The van der Waals surface area contributed by atoms with Crippen LogP contribution in [0.2, 0.25) is 0 Å². The molecule has 140 valence electrons. The average Bonchev–Trinajstić information content (AvgIpc) is 2.79. The maximum Gasteiger partial charge on any atom is 0.508 e. The van der Waals surface area contributed by atoms with Crippen molar-refractivity contribution < 1.29 is 24.2 Å². The van der Waals surface area contributed by atoms with Crippen molar-refractivity contribution in [3.8, 4) is 0 Å². The molecule has 0 aromatic carbocycles. The fourth-order valence-electron chi connectivity index (χ4n) is 3.54. The minimum atomic E-state index is -0.795. The number of aliphatic hydroxyl groups is 1. The van der Waals surface area contributed by atoms with Gasteiger partial charge in [-0.1, -0.05) is 26.7 Å². The van der Waals surface area contributed by atoms with Crippen LogP contribution in [0.5, 0.6) is 0 Å². The molecular formula is C17H32N2O5. The monoisotopic (exact) mass is 344 g/mol. The van der Waals surface area contributed by atoms with Gasteiger partial charge in [-0.05, 0) is 18.3 Å². The topological polar surface area (TPSA) is 111 Å². The van der Waals surface area contributed by atoms with Gasteiger partial charge in [0, 0.05) is 31.8 Å². The van der Waals surface area contributed by atoms with E-state index >= 15 is 0 Å². The first kappa shape index (κ1) is 20.7. The minimum Gasteiger partial charge on any atom is -0.438 e. The summed E-state index contributed by atoms with van der Waals surface area (Å²) >= 11 is 0. The largest absolute Gasteiger partial charge is 0.508 e. The van der Waals surface area contributed by atoms with Crippen LogP contribution in [-0.4, -0.2) is 49.1 Å². The molecule has 7 nitrogen and oxygen atoms in total. The lowest BCUT2D eigenvalue weighted by atomic mass is 9.80. The second kappa shape index (κ2) is 9.84. The Morgan fingerprint density at radius 1 is 1.42 bits per heavy atom. The van der Waals surface area contributed by atoms with Crippen LogP contribution < -0.4 is 11.1 Å². The van der Waals surface area contributed by atoms with Crippen molar-refractivity contribution in [2.75, 3.05) is 13.7 Å². The van der Waals surface area contributed by atoms with Crippen LogP contribution in [0.25, 0.3) is 0 Å². The molecule has 6 atom stereocenters. The summed E-state index contributed by atoms with van der Waals surface area (Å²) in [5.41, 5.74) is 6.18. The van der Waals surface area contributed by atoms with E-state index < -0.39 is 18.4 Å². The predicted molar refractivity (Wildman–Crippen MR) is 90.2 cm³/mol. The van der Waals surface area contributed by atoms with Gasteiger partial charge in [-0.3, -0.25) is 4.79 Å². The molecule has 0 saturated heterocycles. The number of amides is 1. The number of carbonyl (C=O) groups excluding carboxylic acids is 2. The third-order valence-corrected chi connectivity index (χ3v) is 5.00. The van der Waals surface area contributed by atoms with Gasteiger partial charge >= 0.3 is 6.16 Å². The Bertz CT molecular complexity index is 418. The Morgan fingerprint density at radius 3 is 2.62 bits per heavy atom. The normalized spacial score (nSPS) is 28.9. The Kier molecular flexibility index (Phi) is 8.48. The van der Waals surface area contributed by atoms with Gasteiger partial charge in [0.25, 0.3) is 0 Å². The Balaban J connectivity index is 2.67. The zero-order valence-corrected chi connectivity index (χ0v) is 15.2. The van der Waals surface area contributed by atoms with Crippen molar-refractivity contribution in [3.63, 3.8) is 0 Å². The first-order valence-electron chi connectivity index (χ1n) is 8.72. The molecule has 1 aliphatic carbocycles. The molecule has 0 bridgehead atoms. The fourth-order valence-corrected chi connectivity index (χ4v) is 3.54. The molecule has 1 rings (SSSR count). The first-order valence-corrected chi connectivity index (χ1v) is 8.72. The SMILES string of the molecule is CCCC(C[C@H]1[C@H](O)[C@@H](OC(=O)OC)C[C@H]1N)C(C)CNC(C)=O. The van der Waals surface area contributed by atoms with E-state index in [-0.39, 0.29) is 23.8 Å². The van der Waals surface area contributed by atoms with Crippen molar-refractivity contribution in [1.29, 1.82) is 0 Å². The van der Waals surface area contributed by atoms with Crippen molar-refractivity contribution >= 4 is 12.1 Å². The molecule has 1 saturated carbocycles. The number of nitrogens with one attached hydrogen (secondary N) is 1. The quantitative estimate of drug-likeness (QED) is 0.574. The van der Waals surface area contributed by atoms with Gasteiger partial charge in [-0.15, -0.1) is 0 Å². The summed E-state index contributed by atoms with van der Waals surface area (Å²) in [6, 6.07) is -0.220. The highest BCUT2D eigenvalue weighted by Gasteiger charge is 2.44. The third kappa shape index (κ3) is 5.94. The number of carbonyl (C=O) groups is 2. The average molecular weight is 344 g/mol. The predicted octanol–water partition coefficient (Wildman–Crippen LogP) is 1.42. The summed E-state index contributed by atoms with van der Waals surface area (Å²) in [6.07, 6.45) is 1.000. The van der Waals surface area contributed by atoms with Crippen LogP contribution in [0.4, 0.5) is 4.79 Å². The lowest BCUT2D eigenvalue weighted by Crippen LogP contribution is -2.37. The molecule has 24 heavy (non-hydrogen) atoms. The molecule has 0 aromatic rings. The smallest absolute Gasteiger partial charge is 0.438 e. The van der Waals surface area contributed by atoms with Crippen LogP contribution in [0.3, 0.4) is 0 Å². The standard InChI is InChI=1S/C17H32N2O5/c1-5-6-12(10(2)9-19-11(3)20)7-13-14(18)8-15(16(13)21)24-17(22)23-4/h10,12-16,21H,5-9,18H2,1-4H3,(H,19,20)/t10?,12?,13-,14-,15+,16+/m1/s1. The van der Waals surface area contributed by atoms with Crippen LogP contribution in [0, 0.1) is 17.8 Å². The molecule has 0 aliphatic heterocycles. The Labute approximate surface area is 144 Å². The molecule has 1 fully saturated rings. The highest BCUT2D eigenvalue weighted by atomic mass is 16.7. The van der Waals surface area contributed by atoms with Gasteiger partial charge < -0.3 is 25.6 Å². The Hall–Kier alpha value is -1.34. The maximum atomic E-state index is 11.3. The summed E-state index contributed by atoms with van der Waals surface area (Å²) in [5.74, 6) is 0.454. The van der Waals surface area contributed by atoms with Crippen molar-refractivity contribution in [2.24, 2.45) is 23.5 Å². The van der Waals surface area contributed by atoms with E-state index in [0.717, 1.165) is 19.3 Å². The van der Waals surface area contributed by atoms with Crippen LogP contribution in [0.1, 0.15) is 46.5 Å². The lowest BCUT2D eigenvalue weighted by Gasteiger charge is -2.29. The first-order chi connectivity index (χ1) is 11.3. The Morgan fingerprint density at radius 2 is 2.08 bits per heavy atom. The molecule has 2 unspecified atom stereocenters. The van der Waals surface area contributed by atoms with E-state index in [2.05, 4.69) is 23.9 Å². The second-order valence-corrected chi connectivity index (χ2v) is 6.86. The maximum absolute atomic E-state index is 11.3. The van der Waals surface area contributed by atoms with E-state index in [1.807, 2.05) is 0 Å². The number of nitrogens with two attached hydrogens (primary N) is 1. The van der Waals surface area contributed by atoms with Crippen molar-refractivity contribution in [1.82, 2.24) is 5.32 Å². The summed E-state index contributed by atoms with van der Waals surface area (Å²) in [6.45, 7) is 6.34. The number of rotatable bonds is 8. The second-order valence-electron chi connectivity index (χ2n) is 6.86. The molecule has 0 heterocycles. The van der Waals surface area contributed by atoms with Crippen LogP contribution in [0.15, 0.2) is 0 Å². The van der Waals surface area contributed by atoms with Gasteiger partial charge in [0.2, 0.25) is 5.91 Å². The van der Waals surface area contributed by atoms with Gasteiger partial charge in [0.05, 0.1) is 13.2 Å². The molecule has 0 radical (unpaired) electrons. The van der Waals surface area contributed by atoms with Crippen LogP contribution >= 0.6 is 0 Å². The van der Waals surface area contributed by atoms with E-state index in [9.17, 15) is 14.7 Å². The summed E-state index contributed by atoms with van der Waals surface area (Å²) < 4.78 is 9.60. The summed E-state index contributed by atoms with van der Waals surface area (Å²) in [4.78, 5) is 22.4. The van der Waals surface area contributed by atoms with Crippen LogP contribution in [-0.2, 0) is 14.3 Å². The molecule has 0 spiro atoms. The van der Waals surface area contributed by atoms with Gasteiger partial charge in [0.15, 0.2) is 0 Å². The van der Waals surface area contributed by atoms with Gasteiger partial charge in [-0.2, -0.15) is 0 Å². The van der Waals surface area contributed by atoms with Crippen molar-refractivity contribution in [2.45, 2.75) is 64.7 Å². The van der Waals surface area contributed by atoms with E-state index in [1.54, 1.807) is 0 Å². The number of hydrogen-bond acceptors (Lipinski definition) is 6. The molecule has 1 aliphatic rings. The van der Waals surface area contributed by atoms with E-state index in [4.69, 9.17) is 10.5 Å².